The Kier molecular flexibility index (Phi) is 3.51. The highest BCUT2D eigenvalue weighted by Gasteiger charge is 2.17. The summed E-state index contributed by atoms with van der Waals surface area (Å²) in [7, 11) is 0. The molecule has 21 heavy (non-hydrogen) atoms. The Labute approximate surface area is 130 Å². The number of hydrogen-bond acceptors (Lipinski definition) is 3. The second-order valence-electron chi connectivity index (χ2n) is 5.00. The molecule has 4 nitrogen and oxygen atoms in total. The summed E-state index contributed by atoms with van der Waals surface area (Å²) in [4.78, 5) is 11.0. The Morgan fingerprint density at radius 3 is 2.76 bits per heavy atom. The van der Waals surface area contributed by atoms with Gasteiger partial charge in [0.05, 0.1) is 12.1 Å². The predicted octanol–water partition coefficient (Wildman–Crippen LogP) is 4.86. The van der Waals surface area contributed by atoms with E-state index in [1.807, 2.05) is 37.3 Å². The van der Waals surface area contributed by atoms with Crippen molar-refractivity contribution in [3.05, 3.63) is 63.0 Å². The summed E-state index contributed by atoms with van der Waals surface area (Å²) in [6.07, 6.45) is 0. The van der Waals surface area contributed by atoms with Gasteiger partial charge in [-0.05, 0) is 35.9 Å². The van der Waals surface area contributed by atoms with E-state index in [1.165, 1.54) is 0 Å². The zero-order chi connectivity index (χ0) is 15.0. The van der Waals surface area contributed by atoms with Crippen LogP contribution in [0.5, 0.6) is 5.88 Å². The second kappa shape index (κ2) is 5.33. The first-order valence-corrected chi connectivity index (χ1v) is 7.29. The molecule has 0 aliphatic rings. The van der Waals surface area contributed by atoms with Crippen molar-refractivity contribution in [3.8, 4) is 5.88 Å². The Morgan fingerprint density at radius 2 is 2.05 bits per heavy atom. The maximum atomic E-state index is 11.0. The molecule has 0 spiro atoms. The van der Waals surface area contributed by atoms with Crippen LogP contribution in [0.2, 0.25) is 0 Å². The minimum atomic E-state index is -0.0976. The summed E-state index contributed by atoms with van der Waals surface area (Å²) in [5.74, 6) is -0.0976. The fourth-order valence-electron chi connectivity index (χ4n) is 2.54. The van der Waals surface area contributed by atoms with Gasteiger partial charge in [0.15, 0.2) is 5.69 Å². The Bertz CT molecular complexity index is 840. The van der Waals surface area contributed by atoms with E-state index in [1.54, 1.807) is 10.6 Å². The Morgan fingerprint density at radius 1 is 1.24 bits per heavy atom. The van der Waals surface area contributed by atoms with Gasteiger partial charge in [-0.2, -0.15) is 0 Å². The van der Waals surface area contributed by atoms with Crippen LogP contribution in [0.1, 0.15) is 11.1 Å². The third-order valence-corrected chi connectivity index (χ3v) is 3.98. The van der Waals surface area contributed by atoms with Crippen LogP contribution in [0.25, 0.3) is 10.9 Å². The molecule has 1 aromatic heterocycles. The van der Waals surface area contributed by atoms with Crippen LogP contribution < -0.4 is 0 Å². The molecule has 106 valence electrons. The largest absolute Gasteiger partial charge is 0.493 e. The number of aryl methyl sites for hydroxylation is 1. The molecule has 2 aromatic carbocycles. The lowest BCUT2D eigenvalue weighted by Crippen LogP contribution is -1.99. The summed E-state index contributed by atoms with van der Waals surface area (Å²) in [6, 6.07) is 13.6. The highest BCUT2D eigenvalue weighted by molar-refractivity contribution is 9.10. The van der Waals surface area contributed by atoms with Crippen LogP contribution in [-0.2, 0) is 6.54 Å². The zero-order valence-electron chi connectivity index (χ0n) is 11.4. The van der Waals surface area contributed by atoms with Crippen molar-refractivity contribution in [1.29, 1.82) is 0 Å². The number of hydrogen-bond donors (Lipinski definition) is 1. The molecule has 0 radical (unpaired) electrons. The van der Waals surface area contributed by atoms with Gasteiger partial charge in [-0.3, -0.25) is 0 Å². The van der Waals surface area contributed by atoms with E-state index in [-0.39, 0.29) is 11.6 Å². The fourth-order valence-corrected chi connectivity index (χ4v) is 2.90. The van der Waals surface area contributed by atoms with Crippen molar-refractivity contribution in [3.63, 3.8) is 0 Å². The molecule has 3 rings (SSSR count). The monoisotopic (exact) mass is 344 g/mol. The minimum absolute atomic E-state index is 0.0824. The lowest BCUT2D eigenvalue weighted by Gasteiger charge is -2.08. The standard InChI is InChI=1S/C16H13BrN2O2/c1-10-3-2-4-11(7-10)9-19-14-6-5-12(17)8-13(14)15(18-21)16(19)20/h2-8,20H,9H2,1H3. The van der Waals surface area contributed by atoms with Crippen molar-refractivity contribution in [2.24, 2.45) is 5.18 Å². The van der Waals surface area contributed by atoms with E-state index in [9.17, 15) is 10.0 Å². The molecule has 0 unspecified atom stereocenters. The predicted molar refractivity (Wildman–Crippen MR) is 87.0 cm³/mol. The summed E-state index contributed by atoms with van der Waals surface area (Å²) in [5.41, 5.74) is 3.08. The van der Waals surface area contributed by atoms with Crippen LogP contribution in [-0.4, -0.2) is 9.67 Å². The number of nitrogens with zero attached hydrogens (tertiary/aromatic N) is 2. The quantitative estimate of drug-likeness (QED) is 0.689. The number of aromatic nitrogens is 1. The fraction of sp³-hybridized carbons (Fsp3) is 0.125. The van der Waals surface area contributed by atoms with Gasteiger partial charge in [-0.1, -0.05) is 45.8 Å². The van der Waals surface area contributed by atoms with Crippen LogP contribution in [0.3, 0.4) is 0 Å². The molecule has 3 aromatic rings. The van der Waals surface area contributed by atoms with Crippen LogP contribution in [0.4, 0.5) is 5.69 Å². The molecule has 1 N–H and O–H groups in total. The normalized spacial score (nSPS) is 11.0. The molecule has 1 heterocycles. The maximum absolute atomic E-state index is 11.0. The third-order valence-electron chi connectivity index (χ3n) is 3.49. The number of nitroso groups, excluding NO2 is 1. The molecule has 0 saturated carbocycles. The van der Waals surface area contributed by atoms with Gasteiger partial charge in [-0.15, -0.1) is 4.91 Å². The number of aromatic hydroxyl groups is 1. The van der Waals surface area contributed by atoms with Crippen LogP contribution >= 0.6 is 15.9 Å². The lowest BCUT2D eigenvalue weighted by atomic mass is 10.1. The summed E-state index contributed by atoms with van der Waals surface area (Å²) >= 11 is 3.37. The zero-order valence-corrected chi connectivity index (χ0v) is 13.0. The average molecular weight is 345 g/mol. The van der Waals surface area contributed by atoms with Crippen LogP contribution in [0, 0.1) is 11.8 Å². The van der Waals surface area contributed by atoms with Gasteiger partial charge in [0.25, 0.3) is 0 Å². The van der Waals surface area contributed by atoms with Crippen molar-refractivity contribution < 1.29 is 5.11 Å². The minimum Gasteiger partial charge on any atom is -0.493 e. The van der Waals surface area contributed by atoms with Crippen molar-refractivity contribution in [2.75, 3.05) is 0 Å². The SMILES string of the molecule is Cc1cccc(Cn2c(O)c(N=O)c3cc(Br)ccc32)c1. The van der Waals surface area contributed by atoms with E-state index in [4.69, 9.17) is 0 Å². The van der Waals surface area contributed by atoms with Gasteiger partial charge in [0, 0.05) is 9.86 Å². The summed E-state index contributed by atoms with van der Waals surface area (Å²) in [6.45, 7) is 2.51. The molecule has 0 fully saturated rings. The Balaban J connectivity index is 2.18. The topological polar surface area (TPSA) is 54.6 Å². The lowest BCUT2D eigenvalue weighted by molar-refractivity contribution is 0.430. The molecule has 0 bridgehead atoms. The average Bonchev–Trinajstić information content (AvgIpc) is 2.70. The summed E-state index contributed by atoms with van der Waals surface area (Å²) in [5, 5.41) is 13.9. The van der Waals surface area contributed by atoms with E-state index >= 15 is 0 Å². The molecular weight excluding hydrogens is 332 g/mol. The van der Waals surface area contributed by atoms with Crippen LogP contribution in [0.15, 0.2) is 52.1 Å². The van der Waals surface area contributed by atoms with Gasteiger partial charge in [0.2, 0.25) is 5.88 Å². The molecule has 0 aliphatic heterocycles. The van der Waals surface area contributed by atoms with Gasteiger partial charge in [-0.25, -0.2) is 0 Å². The molecular formula is C16H13BrN2O2. The van der Waals surface area contributed by atoms with E-state index in [0.29, 0.717) is 11.9 Å². The molecule has 5 heteroatoms. The summed E-state index contributed by atoms with van der Waals surface area (Å²) < 4.78 is 2.54. The van der Waals surface area contributed by atoms with Gasteiger partial charge >= 0.3 is 0 Å². The van der Waals surface area contributed by atoms with Gasteiger partial charge in [0.1, 0.15) is 0 Å². The smallest absolute Gasteiger partial charge is 0.222 e. The first-order chi connectivity index (χ1) is 10.1. The molecule has 0 aliphatic carbocycles. The van der Waals surface area contributed by atoms with E-state index in [0.717, 1.165) is 21.1 Å². The number of halogens is 1. The van der Waals surface area contributed by atoms with Crippen molar-refractivity contribution >= 4 is 32.5 Å². The first-order valence-electron chi connectivity index (χ1n) is 6.50. The second-order valence-corrected chi connectivity index (χ2v) is 5.92. The molecule has 0 atom stereocenters. The molecule has 0 saturated heterocycles. The van der Waals surface area contributed by atoms with Crippen molar-refractivity contribution in [1.82, 2.24) is 4.57 Å². The first kappa shape index (κ1) is 13.8. The number of rotatable bonds is 3. The number of fused-ring (bicyclic) bond motifs is 1. The highest BCUT2D eigenvalue weighted by Crippen LogP contribution is 2.40. The Hall–Kier alpha value is -2.14. The highest BCUT2D eigenvalue weighted by atomic mass is 79.9. The maximum Gasteiger partial charge on any atom is 0.222 e. The van der Waals surface area contributed by atoms with Gasteiger partial charge < -0.3 is 9.67 Å². The van der Waals surface area contributed by atoms with Crippen molar-refractivity contribution in [2.45, 2.75) is 13.5 Å². The van der Waals surface area contributed by atoms with E-state index in [2.05, 4.69) is 27.2 Å². The van der Waals surface area contributed by atoms with E-state index < -0.39 is 0 Å². The number of benzene rings is 2. The molecule has 0 amide bonds. The third kappa shape index (κ3) is 2.45.